The molecule has 1 atom stereocenters. The minimum Gasteiger partial charge on any atom is -0.497 e. The average Bonchev–Trinajstić information content (AvgIpc) is 2.38. The summed E-state index contributed by atoms with van der Waals surface area (Å²) < 4.78 is 5.21. The number of ether oxygens (including phenoxy) is 1. The highest BCUT2D eigenvalue weighted by atomic mass is 16.5. The third-order valence-corrected chi connectivity index (χ3v) is 3.35. The molecule has 0 aromatic heterocycles. The Hall–Kier alpha value is -1.55. The molecular weight excluding hydrogens is 218 g/mol. The van der Waals surface area contributed by atoms with Gasteiger partial charge in [-0.15, -0.1) is 0 Å². The van der Waals surface area contributed by atoms with Crippen LogP contribution in [0.2, 0.25) is 0 Å². The summed E-state index contributed by atoms with van der Waals surface area (Å²) in [6.07, 6.45) is 3.45. The first-order chi connectivity index (χ1) is 8.24. The lowest BCUT2D eigenvalue weighted by molar-refractivity contribution is -0.129. The van der Waals surface area contributed by atoms with Gasteiger partial charge in [-0.2, -0.15) is 0 Å². The van der Waals surface area contributed by atoms with Crippen molar-refractivity contribution in [1.82, 2.24) is 5.48 Å². The normalized spacial score (nSPS) is 18.4. The summed E-state index contributed by atoms with van der Waals surface area (Å²) in [5.74, 6) is 0.673. The molecule has 1 aromatic carbocycles. The summed E-state index contributed by atoms with van der Waals surface area (Å²) in [4.78, 5) is 11.3. The Labute approximate surface area is 101 Å². The summed E-state index contributed by atoms with van der Waals surface area (Å²) in [5, 5.41) is 8.59. The smallest absolute Gasteiger partial charge is 0.243 e. The van der Waals surface area contributed by atoms with E-state index in [9.17, 15) is 4.79 Å². The Kier molecular flexibility index (Phi) is 3.64. The SMILES string of the molecule is COc1ccc2c(c1)C(CC(=O)NO)CCC2. The van der Waals surface area contributed by atoms with Gasteiger partial charge in [0.2, 0.25) is 5.91 Å². The van der Waals surface area contributed by atoms with Crippen molar-refractivity contribution in [3.63, 3.8) is 0 Å². The van der Waals surface area contributed by atoms with Crippen molar-refractivity contribution in [2.75, 3.05) is 7.11 Å². The van der Waals surface area contributed by atoms with Gasteiger partial charge in [0, 0.05) is 6.42 Å². The molecule has 0 fully saturated rings. The van der Waals surface area contributed by atoms with Gasteiger partial charge in [0.15, 0.2) is 0 Å². The fraction of sp³-hybridized carbons (Fsp3) is 0.462. The summed E-state index contributed by atoms with van der Waals surface area (Å²) >= 11 is 0. The number of carbonyl (C=O) groups excluding carboxylic acids is 1. The van der Waals surface area contributed by atoms with Gasteiger partial charge in [0.1, 0.15) is 5.75 Å². The van der Waals surface area contributed by atoms with E-state index in [0.29, 0.717) is 6.42 Å². The van der Waals surface area contributed by atoms with Crippen LogP contribution in [0.1, 0.15) is 36.3 Å². The van der Waals surface area contributed by atoms with Crippen molar-refractivity contribution in [2.45, 2.75) is 31.6 Å². The molecule has 2 rings (SSSR count). The number of carbonyl (C=O) groups is 1. The average molecular weight is 235 g/mol. The highest BCUT2D eigenvalue weighted by Crippen LogP contribution is 2.35. The highest BCUT2D eigenvalue weighted by Gasteiger charge is 2.22. The number of fused-ring (bicyclic) bond motifs is 1. The molecule has 92 valence electrons. The lowest BCUT2D eigenvalue weighted by Gasteiger charge is -2.25. The van der Waals surface area contributed by atoms with Crippen molar-refractivity contribution >= 4 is 5.91 Å². The van der Waals surface area contributed by atoms with Gasteiger partial charge >= 0.3 is 0 Å². The fourth-order valence-electron chi connectivity index (χ4n) is 2.48. The van der Waals surface area contributed by atoms with Crippen LogP contribution in [-0.4, -0.2) is 18.2 Å². The molecule has 1 unspecified atom stereocenters. The fourth-order valence-corrected chi connectivity index (χ4v) is 2.48. The lowest BCUT2D eigenvalue weighted by atomic mass is 9.81. The van der Waals surface area contributed by atoms with Crippen LogP contribution >= 0.6 is 0 Å². The van der Waals surface area contributed by atoms with Crippen LogP contribution in [0.25, 0.3) is 0 Å². The predicted octanol–water partition coefficient (Wildman–Crippen LogP) is 2.01. The summed E-state index contributed by atoms with van der Waals surface area (Å²) in [7, 11) is 1.64. The third-order valence-electron chi connectivity index (χ3n) is 3.35. The standard InChI is InChI=1S/C13H17NO3/c1-17-11-6-5-9-3-2-4-10(12(9)8-11)7-13(15)14-16/h5-6,8,10,16H,2-4,7H2,1H3,(H,14,15). The third kappa shape index (κ3) is 2.58. The first-order valence-electron chi connectivity index (χ1n) is 5.84. The van der Waals surface area contributed by atoms with Gasteiger partial charge in [-0.1, -0.05) is 6.07 Å². The Morgan fingerprint density at radius 3 is 3.12 bits per heavy atom. The zero-order chi connectivity index (χ0) is 12.3. The van der Waals surface area contributed by atoms with E-state index in [-0.39, 0.29) is 11.8 Å². The first-order valence-corrected chi connectivity index (χ1v) is 5.84. The maximum Gasteiger partial charge on any atom is 0.243 e. The summed E-state index contributed by atoms with van der Waals surface area (Å²) in [6, 6.07) is 6.02. The van der Waals surface area contributed by atoms with Gasteiger partial charge in [0.25, 0.3) is 0 Å². The van der Waals surface area contributed by atoms with E-state index in [1.54, 1.807) is 12.6 Å². The van der Waals surface area contributed by atoms with Crippen LogP contribution in [0, 0.1) is 0 Å². The van der Waals surface area contributed by atoms with Gasteiger partial charge in [-0.05, 0) is 48.4 Å². The van der Waals surface area contributed by atoms with Gasteiger partial charge in [-0.25, -0.2) is 5.48 Å². The Bertz CT molecular complexity index is 417. The molecule has 4 heteroatoms. The van der Waals surface area contributed by atoms with Crippen molar-refractivity contribution < 1.29 is 14.7 Å². The second-order valence-electron chi connectivity index (χ2n) is 4.39. The molecule has 0 spiro atoms. The Morgan fingerprint density at radius 1 is 1.59 bits per heavy atom. The molecule has 0 aliphatic heterocycles. The molecule has 1 aromatic rings. The van der Waals surface area contributed by atoms with Crippen LogP contribution in [0.5, 0.6) is 5.75 Å². The van der Waals surface area contributed by atoms with Crippen molar-refractivity contribution in [2.24, 2.45) is 0 Å². The molecule has 0 saturated carbocycles. The molecule has 0 saturated heterocycles. The number of aryl methyl sites for hydroxylation is 1. The van der Waals surface area contributed by atoms with Crippen molar-refractivity contribution in [1.29, 1.82) is 0 Å². The quantitative estimate of drug-likeness (QED) is 0.622. The van der Waals surface area contributed by atoms with Crippen LogP contribution in [0.4, 0.5) is 0 Å². The molecule has 0 bridgehead atoms. The molecule has 1 amide bonds. The highest BCUT2D eigenvalue weighted by molar-refractivity contribution is 5.75. The summed E-state index contributed by atoms with van der Waals surface area (Å²) in [6.45, 7) is 0. The van der Waals surface area contributed by atoms with Crippen molar-refractivity contribution in [3.05, 3.63) is 29.3 Å². The maximum absolute atomic E-state index is 11.3. The van der Waals surface area contributed by atoms with Crippen LogP contribution in [-0.2, 0) is 11.2 Å². The minimum atomic E-state index is -0.328. The number of hydroxylamine groups is 1. The molecule has 2 N–H and O–H groups in total. The van der Waals surface area contributed by atoms with Gasteiger partial charge in [0.05, 0.1) is 7.11 Å². The first kappa shape index (κ1) is 11.9. The van der Waals surface area contributed by atoms with Crippen molar-refractivity contribution in [3.8, 4) is 5.75 Å². The maximum atomic E-state index is 11.3. The topological polar surface area (TPSA) is 58.6 Å². The predicted molar refractivity (Wildman–Crippen MR) is 63.2 cm³/mol. The molecular formula is C13H17NO3. The number of rotatable bonds is 3. The van der Waals surface area contributed by atoms with E-state index in [0.717, 1.165) is 25.0 Å². The molecule has 4 nitrogen and oxygen atoms in total. The van der Waals surface area contributed by atoms with Crippen LogP contribution in [0.15, 0.2) is 18.2 Å². The molecule has 1 aliphatic rings. The minimum absolute atomic E-state index is 0.181. The second kappa shape index (κ2) is 5.19. The van der Waals surface area contributed by atoms with Crippen LogP contribution < -0.4 is 10.2 Å². The van der Waals surface area contributed by atoms with Crippen LogP contribution in [0.3, 0.4) is 0 Å². The monoisotopic (exact) mass is 235 g/mol. The second-order valence-corrected chi connectivity index (χ2v) is 4.39. The number of benzene rings is 1. The Balaban J connectivity index is 2.25. The number of amides is 1. The number of hydrogen-bond donors (Lipinski definition) is 2. The number of methoxy groups -OCH3 is 1. The van der Waals surface area contributed by atoms with E-state index in [1.807, 2.05) is 12.1 Å². The van der Waals surface area contributed by atoms with Gasteiger partial charge in [-0.3, -0.25) is 10.0 Å². The van der Waals surface area contributed by atoms with E-state index in [4.69, 9.17) is 9.94 Å². The number of nitrogens with one attached hydrogen (secondary N) is 1. The van der Waals surface area contributed by atoms with Gasteiger partial charge < -0.3 is 4.74 Å². The van der Waals surface area contributed by atoms with E-state index in [2.05, 4.69) is 6.07 Å². The largest absolute Gasteiger partial charge is 0.497 e. The summed E-state index contributed by atoms with van der Waals surface area (Å²) in [5.41, 5.74) is 4.17. The van der Waals surface area contributed by atoms with E-state index >= 15 is 0 Å². The zero-order valence-electron chi connectivity index (χ0n) is 9.90. The molecule has 0 radical (unpaired) electrons. The molecule has 0 heterocycles. The van der Waals surface area contributed by atoms with E-state index < -0.39 is 0 Å². The van der Waals surface area contributed by atoms with E-state index in [1.165, 1.54) is 11.1 Å². The Morgan fingerprint density at radius 2 is 2.41 bits per heavy atom. The molecule has 1 aliphatic carbocycles. The molecule has 17 heavy (non-hydrogen) atoms. The zero-order valence-corrected chi connectivity index (χ0v) is 9.90. The number of hydrogen-bond acceptors (Lipinski definition) is 3. The lowest BCUT2D eigenvalue weighted by Crippen LogP contribution is -2.23.